The maximum absolute atomic E-state index is 13.1. The van der Waals surface area contributed by atoms with Gasteiger partial charge in [0.05, 0.1) is 0 Å². The Balaban J connectivity index is 1.63. The normalized spacial score (nSPS) is 20.2. The summed E-state index contributed by atoms with van der Waals surface area (Å²) in [6.45, 7) is 7.90. The summed E-state index contributed by atoms with van der Waals surface area (Å²) in [7, 11) is 0. The van der Waals surface area contributed by atoms with Gasteiger partial charge in [-0.15, -0.1) is 0 Å². The van der Waals surface area contributed by atoms with Gasteiger partial charge in [0.2, 0.25) is 5.78 Å². The van der Waals surface area contributed by atoms with Gasteiger partial charge in [0.15, 0.2) is 11.7 Å². The largest absolute Gasteiger partial charge is 0.508 e. The highest BCUT2D eigenvalue weighted by atomic mass is 16.6. The third-order valence-corrected chi connectivity index (χ3v) is 5.99. The number of fused-ring (bicyclic) bond motifs is 1. The van der Waals surface area contributed by atoms with Gasteiger partial charge in [-0.1, -0.05) is 17.7 Å². The van der Waals surface area contributed by atoms with E-state index in [1.807, 2.05) is 33.8 Å². The molecule has 1 fully saturated rings. The van der Waals surface area contributed by atoms with Gasteiger partial charge in [-0.2, -0.15) is 0 Å². The van der Waals surface area contributed by atoms with Crippen LogP contribution in [0.4, 0.5) is 0 Å². The third kappa shape index (κ3) is 4.65. The molecule has 2 aromatic carbocycles. The number of carbonyl (C=O) groups is 2. The summed E-state index contributed by atoms with van der Waals surface area (Å²) in [5.74, 6) is -1.98. The first-order chi connectivity index (χ1) is 15.5. The maximum Gasteiger partial charge on any atom is 0.327 e. The van der Waals surface area contributed by atoms with Gasteiger partial charge >= 0.3 is 5.97 Å². The minimum absolute atomic E-state index is 0.0849. The van der Waals surface area contributed by atoms with Crippen LogP contribution in [0.15, 0.2) is 47.7 Å². The van der Waals surface area contributed by atoms with Crippen LogP contribution in [0.3, 0.4) is 0 Å². The second-order valence-electron chi connectivity index (χ2n) is 9.48. The molecule has 2 aliphatic heterocycles. The van der Waals surface area contributed by atoms with E-state index in [1.54, 1.807) is 24.3 Å². The van der Waals surface area contributed by atoms with Gasteiger partial charge in [-0.3, -0.25) is 9.59 Å². The predicted octanol–water partition coefficient (Wildman–Crippen LogP) is 4.96. The minimum Gasteiger partial charge on any atom is -0.508 e. The molecule has 6 heteroatoms. The Morgan fingerprint density at radius 2 is 1.88 bits per heavy atom. The monoisotopic (exact) mass is 448 g/mol. The highest BCUT2D eigenvalue weighted by Gasteiger charge is 2.43. The van der Waals surface area contributed by atoms with Crippen molar-refractivity contribution in [3.05, 3.63) is 70.0 Å². The Morgan fingerprint density at radius 3 is 2.61 bits per heavy atom. The fraction of sp³-hybridized carbons (Fsp3) is 0.333. The van der Waals surface area contributed by atoms with Crippen LogP contribution in [-0.4, -0.2) is 27.6 Å². The zero-order valence-corrected chi connectivity index (χ0v) is 19.3. The van der Waals surface area contributed by atoms with Gasteiger partial charge in [-0.25, -0.2) is 0 Å². The van der Waals surface area contributed by atoms with Gasteiger partial charge in [0, 0.05) is 11.6 Å². The van der Waals surface area contributed by atoms with Crippen molar-refractivity contribution in [2.45, 2.75) is 58.5 Å². The molecule has 2 N–H and O–H groups in total. The average Bonchev–Trinajstić information content (AvgIpc) is 3.00. The van der Waals surface area contributed by atoms with Gasteiger partial charge < -0.3 is 19.7 Å². The molecule has 0 aliphatic carbocycles. The standard InChI is InChI=1S/C27H28O6/c1-15(2)5-7-17-11-16(6-8-20(17)28)12-23-25(30)24(26(31)32-23)19-13-18-9-10-27(3,4)33-22(18)14-21(19)29/h5-6,8,11-14,24,28-29H,7,9-10H2,1-4H3/b23-12-. The molecule has 6 nitrogen and oxygen atoms in total. The zero-order chi connectivity index (χ0) is 23.9. The Kier molecular flexibility index (Phi) is 5.78. The first-order valence-corrected chi connectivity index (χ1v) is 11.0. The number of ether oxygens (including phenoxy) is 2. The molecule has 0 aromatic heterocycles. The maximum atomic E-state index is 13.1. The number of hydrogen-bond acceptors (Lipinski definition) is 6. The molecule has 0 amide bonds. The molecule has 2 aliphatic rings. The predicted molar refractivity (Wildman–Crippen MR) is 124 cm³/mol. The topological polar surface area (TPSA) is 93.1 Å². The number of benzene rings is 2. The summed E-state index contributed by atoms with van der Waals surface area (Å²) < 4.78 is 11.2. The van der Waals surface area contributed by atoms with E-state index in [0.29, 0.717) is 23.3 Å². The highest BCUT2D eigenvalue weighted by Crippen LogP contribution is 2.42. The van der Waals surface area contributed by atoms with Crippen LogP contribution in [0, 0.1) is 0 Å². The molecule has 1 atom stereocenters. The molecule has 1 unspecified atom stereocenters. The Bertz CT molecular complexity index is 1200. The third-order valence-electron chi connectivity index (χ3n) is 5.99. The second-order valence-corrected chi connectivity index (χ2v) is 9.48. The summed E-state index contributed by atoms with van der Waals surface area (Å²) in [6, 6.07) is 8.11. The van der Waals surface area contributed by atoms with Crippen LogP contribution < -0.4 is 4.74 Å². The average molecular weight is 449 g/mol. The van der Waals surface area contributed by atoms with Crippen LogP contribution >= 0.6 is 0 Å². The second kappa shape index (κ2) is 8.43. The molecular weight excluding hydrogens is 420 g/mol. The lowest BCUT2D eigenvalue weighted by Crippen LogP contribution is -2.32. The van der Waals surface area contributed by atoms with Crippen molar-refractivity contribution in [3.63, 3.8) is 0 Å². The van der Waals surface area contributed by atoms with E-state index in [9.17, 15) is 19.8 Å². The molecule has 2 heterocycles. The molecule has 1 saturated heterocycles. The number of phenolic OH excluding ortho intramolecular Hbond substituents is 2. The molecule has 172 valence electrons. The first kappa shape index (κ1) is 22.6. The first-order valence-electron chi connectivity index (χ1n) is 11.0. The van der Waals surface area contributed by atoms with E-state index in [4.69, 9.17) is 9.47 Å². The van der Waals surface area contributed by atoms with Crippen molar-refractivity contribution < 1.29 is 29.3 Å². The van der Waals surface area contributed by atoms with Crippen molar-refractivity contribution in [2.24, 2.45) is 0 Å². The quantitative estimate of drug-likeness (QED) is 0.297. The summed E-state index contributed by atoms with van der Waals surface area (Å²) in [6.07, 6.45) is 5.53. The zero-order valence-electron chi connectivity index (χ0n) is 19.3. The molecule has 0 saturated carbocycles. The smallest absolute Gasteiger partial charge is 0.327 e. The van der Waals surface area contributed by atoms with Crippen molar-refractivity contribution in [3.8, 4) is 17.2 Å². The van der Waals surface area contributed by atoms with Crippen molar-refractivity contribution in [1.82, 2.24) is 0 Å². The number of cyclic esters (lactones) is 1. The minimum atomic E-state index is -1.22. The Hall–Kier alpha value is -3.54. The van der Waals surface area contributed by atoms with E-state index in [1.165, 1.54) is 12.1 Å². The van der Waals surface area contributed by atoms with Crippen LogP contribution in [0.1, 0.15) is 62.3 Å². The van der Waals surface area contributed by atoms with Gasteiger partial charge in [0.25, 0.3) is 0 Å². The van der Waals surface area contributed by atoms with Crippen molar-refractivity contribution in [1.29, 1.82) is 0 Å². The number of aryl methyl sites for hydroxylation is 1. The lowest BCUT2D eigenvalue weighted by molar-refractivity contribution is -0.137. The molecular formula is C27H28O6. The number of phenols is 2. The fourth-order valence-corrected chi connectivity index (χ4v) is 4.10. The molecule has 33 heavy (non-hydrogen) atoms. The van der Waals surface area contributed by atoms with E-state index in [0.717, 1.165) is 24.0 Å². The number of rotatable bonds is 4. The molecule has 0 radical (unpaired) electrons. The van der Waals surface area contributed by atoms with Crippen molar-refractivity contribution >= 4 is 17.8 Å². The molecule has 0 bridgehead atoms. The van der Waals surface area contributed by atoms with Gasteiger partial charge in [-0.05, 0) is 87.9 Å². The SMILES string of the molecule is CC(C)=CCc1cc(/C=C2\OC(=O)C(c3cc4c(cc3O)OC(C)(C)CC4)C2=O)ccc1O. The number of carbonyl (C=O) groups excluding carboxylic acids is 2. The van der Waals surface area contributed by atoms with E-state index >= 15 is 0 Å². The summed E-state index contributed by atoms with van der Waals surface area (Å²) >= 11 is 0. The van der Waals surface area contributed by atoms with Crippen molar-refractivity contribution in [2.75, 3.05) is 0 Å². The van der Waals surface area contributed by atoms with Crippen LogP contribution in [0.2, 0.25) is 0 Å². The number of ketones is 1. The van der Waals surface area contributed by atoms with Crippen LogP contribution in [0.5, 0.6) is 17.2 Å². The Morgan fingerprint density at radius 1 is 1.12 bits per heavy atom. The summed E-state index contributed by atoms with van der Waals surface area (Å²) in [5.41, 5.74) is 3.20. The molecule has 2 aromatic rings. The van der Waals surface area contributed by atoms with Gasteiger partial charge in [0.1, 0.15) is 22.8 Å². The number of hydrogen-bond donors (Lipinski definition) is 2. The summed E-state index contributed by atoms with van der Waals surface area (Å²) in [4.78, 5) is 25.7. The number of esters is 1. The highest BCUT2D eigenvalue weighted by molar-refractivity contribution is 6.19. The van der Waals surface area contributed by atoms with E-state index in [2.05, 4.69) is 0 Å². The molecule has 0 spiro atoms. The number of aromatic hydroxyl groups is 2. The lowest BCUT2D eigenvalue weighted by atomic mass is 9.88. The lowest BCUT2D eigenvalue weighted by Gasteiger charge is -2.33. The fourth-order valence-electron chi connectivity index (χ4n) is 4.10. The van der Waals surface area contributed by atoms with E-state index in [-0.39, 0.29) is 28.4 Å². The van der Waals surface area contributed by atoms with Crippen LogP contribution in [-0.2, 0) is 27.2 Å². The molecule has 4 rings (SSSR count). The number of allylic oxidation sites excluding steroid dienone is 3. The number of Topliss-reactive ketones (excluding diaryl/α,β-unsaturated/α-hetero) is 1. The Labute approximate surface area is 193 Å². The van der Waals surface area contributed by atoms with E-state index < -0.39 is 17.7 Å². The van der Waals surface area contributed by atoms with Crippen LogP contribution in [0.25, 0.3) is 6.08 Å². The summed E-state index contributed by atoms with van der Waals surface area (Å²) in [5, 5.41) is 20.7.